The summed E-state index contributed by atoms with van der Waals surface area (Å²) < 4.78 is 5.46. The third-order valence-corrected chi connectivity index (χ3v) is 5.65. The van der Waals surface area contributed by atoms with Crippen molar-refractivity contribution in [3.63, 3.8) is 0 Å². The molecular formula is C20H35N5O2. The topological polar surface area (TPSA) is 82.8 Å². The molecule has 27 heavy (non-hydrogen) atoms. The van der Waals surface area contributed by atoms with Crippen LogP contribution in [0.5, 0.6) is 0 Å². The van der Waals surface area contributed by atoms with Gasteiger partial charge in [-0.05, 0) is 25.7 Å². The van der Waals surface area contributed by atoms with Crippen LogP contribution < -0.4 is 10.6 Å². The number of carbonyl (C=O) groups excluding carboxylic acids is 1. The van der Waals surface area contributed by atoms with Crippen LogP contribution in [0.25, 0.3) is 0 Å². The van der Waals surface area contributed by atoms with Gasteiger partial charge in [-0.1, -0.05) is 31.8 Å². The predicted octanol–water partition coefficient (Wildman–Crippen LogP) is 2.89. The molecule has 0 unspecified atom stereocenters. The van der Waals surface area contributed by atoms with E-state index in [1.807, 2.05) is 20.2 Å². The Morgan fingerprint density at radius 2 is 1.96 bits per heavy atom. The monoisotopic (exact) mass is 377 g/mol. The molecule has 7 nitrogen and oxygen atoms in total. The highest BCUT2D eigenvalue weighted by Crippen LogP contribution is 2.38. The molecule has 0 bridgehead atoms. The van der Waals surface area contributed by atoms with Crippen LogP contribution in [-0.2, 0) is 11.3 Å². The van der Waals surface area contributed by atoms with E-state index in [0.29, 0.717) is 25.0 Å². The van der Waals surface area contributed by atoms with Gasteiger partial charge in [0.05, 0.1) is 17.7 Å². The lowest BCUT2D eigenvalue weighted by Crippen LogP contribution is -2.49. The number of hydrogen-bond acceptors (Lipinski definition) is 4. The molecule has 152 valence electrons. The van der Waals surface area contributed by atoms with Gasteiger partial charge in [0.1, 0.15) is 0 Å². The Bertz CT molecular complexity index is 628. The number of nitrogens with zero attached hydrogens (tertiary/aromatic N) is 3. The van der Waals surface area contributed by atoms with Crippen LogP contribution in [0.4, 0.5) is 0 Å². The van der Waals surface area contributed by atoms with Crippen molar-refractivity contribution < 1.29 is 9.32 Å². The second-order valence-electron chi connectivity index (χ2n) is 7.70. The molecule has 0 atom stereocenters. The Labute approximate surface area is 163 Å². The zero-order valence-electron chi connectivity index (χ0n) is 17.5. The van der Waals surface area contributed by atoms with E-state index < -0.39 is 0 Å². The first-order valence-electron chi connectivity index (χ1n) is 10.1. The molecule has 1 fully saturated rings. The normalized spacial score (nSPS) is 16.6. The smallest absolute Gasteiger partial charge is 0.230 e. The van der Waals surface area contributed by atoms with Crippen molar-refractivity contribution in [1.82, 2.24) is 20.7 Å². The fraction of sp³-hybridized carbons (Fsp3) is 0.750. The average molecular weight is 378 g/mol. The molecular weight excluding hydrogens is 342 g/mol. The molecule has 2 rings (SSSR count). The number of rotatable bonds is 8. The number of aliphatic imine (C=N–C) groups is 1. The fourth-order valence-electron chi connectivity index (χ4n) is 3.95. The van der Waals surface area contributed by atoms with Gasteiger partial charge in [-0.3, -0.25) is 9.79 Å². The highest BCUT2D eigenvalue weighted by molar-refractivity contribution is 5.85. The molecule has 7 heteroatoms. The van der Waals surface area contributed by atoms with Gasteiger partial charge in [0.15, 0.2) is 11.7 Å². The molecule has 0 saturated heterocycles. The van der Waals surface area contributed by atoms with E-state index in [0.717, 1.165) is 50.0 Å². The lowest BCUT2D eigenvalue weighted by molar-refractivity contribution is -0.138. The van der Waals surface area contributed by atoms with Gasteiger partial charge in [0.25, 0.3) is 0 Å². The Morgan fingerprint density at radius 3 is 2.52 bits per heavy atom. The number of hydrogen-bond donors (Lipinski definition) is 2. The first-order valence-corrected chi connectivity index (χ1v) is 10.1. The molecule has 1 aromatic rings. The van der Waals surface area contributed by atoms with E-state index in [1.165, 1.54) is 0 Å². The molecule has 1 aliphatic rings. The molecule has 2 N–H and O–H groups in total. The summed E-state index contributed by atoms with van der Waals surface area (Å²) in [6.45, 7) is 5.45. The van der Waals surface area contributed by atoms with Crippen LogP contribution in [0, 0.1) is 5.41 Å². The molecule has 0 spiro atoms. The zero-order valence-corrected chi connectivity index (χ0v) is 17.5. The van der Waals surface area contributed by atoms with Gasteiger partial charge < -0.3 is 20.1 Å². The van der Waals surface area contributed by atoms with Gasteiger partial charge in [0.2, 0.25) is 5.91 Å². The minimum absolute atomic E-state index is 0.202. The molecule has 0 radical (unpaired) electrons. The van der Waals surface area contributed by atoms with Crippen molar-refractivity contribution in [2.45, 2.75) is 64.8 Å². The number of amides is 1. The average Bonchev–Trinajstić information content (AvgIpc) is 3.33. The van der Waals surface area contributed by atoms with Gasteiger partial charge in [-0.15, -0.1) is 0 Å². The second-order valence-corrected chi connectivity index (χ2v) is 7.70. The van der Waals surface area contributed by atoms with E-state index in [-0.39, 0.29) is 11.3 Å². The molecule has 0 aromatic carbocycles. The number of nitrogens with one attached hydrogen (secondary N) is 2. The molecule has 1 aromatic heterocycles. The Hall–Kier alpha value is -2.05. The summed E-state index contributed by atoms with van der Waals surface area (Å²) >= 11 is 0. The van der Waals surface area contributed by atoms with Crippen LogP contribution in [0.15, 0.2) is 15.6 Å². The third kappa shape index (κ3) is 5.23. The first-order chi connectivity index (χ1) is 13.0. The van der Waals surface area contributed by atoms with Crippen LogP contribution in [-0.4, -0.2) is 49.6 Å². The van der Waals surface area contributed by atoms with Crippen molar-refractivity contribution in [3.05, 3.63) is 17.5 Å². The van der Waals surface area contributed by atoms with Crippen molar-refractivity contribution >= 4 is 11.9 Å². The van der Waals surface area contributed by atoms with Crippen LogP contribution in [0.3, 0.4) is 0 Å². The van der Waals surface area contributed by atoms with Crippen molar-refractivity contribution in [2.24, 2.45) is 10.4 Å². The number of aromatic nitrogens is 1. The molecule has 0 aliphatic heterocycles. The maximum atomic E-state index is 12.7. The zero-order chi connectivity index (χ0) is 19.9. The van der Waals surface area contributed by atoms with Crippen LogP contribution in [0.1, 0.15) is 69.7 Å². The third-order valence-electron chi connectivity index (χ3n) is 5.65. The van der Waals surface area contributed by atoms with E-state index in [4.69, 9.17) is 4.52 Å². The quantitative estimate of drug-likeness (QED) is 0.538. The SMILES string of the molecule is CCC(CC)c1cc(CNC(=NC)NCC2(C(=O)N(C)C)CCCC2)on1. The Balaban J connectivity index is 1.91. The van der Waals surface area contributed by atoms with E-state index in [2.05, 4.69) is 34.6 Å². The number of guanidine groups is 1. The van der Waals surface area contributed by atoms with Gasteiger partial charge in [-0.2, -0.15) is 0 Å². The second kappa shape index (κ2) is 9.76. The van der Waals surface area contributed by atoms with Crippen molar-refractivity contribution in [3.8, 4) is 0 Å². The fourth-order valence-corrected chi connectivity index (χ4v) is 3.95. The van der Waals surface area contributed by atoms with E-state index in [1.54, 1.807) is 11.9 Å². The minimum Gasteiger partial charge on any atom is -0.359 e. The van der Waals surface area contributed by atoms with Crippen molar-refractivity contribution in [2.75, 3.05) is 27.7 Å². The molecule has 1 amide bonds. The molecule has 1 heterocycles. The summed E-state index contributed by atoms with van der Waals surface area (Å²) in [5, 5.41) is 10.8. The lowest BCUT2D eigenvalue weighted by atomic mass is 9.84. The van der Waals surface area contributed by atoms with E-state index >= 15 is 0 Å². The molecule has 1 aliphatic carbocycles. The van der Waals surface area contributed by atoms with Crippen LogP contribution in [0.2, 0.25) is 0 Å². The summed E-state index contributed by atoms with van der Waals surface area (Å²) in [6.07, 6.45) is 6.17. The van der Waals surface area contributed by atoms with Gasteiger partial charge >= 0.3 is 0 Å². The van der Waals surface area contributed by atoms with Gasteiger partial charge in [0, 0.05) is 39.7 Å². The number of carbonyl (C=O) groups is 1. The maximum Gasteiger partial charge on any atom is 0.230 e. The van der Waals surface area contributed by atoms with E-state index in [9.17, 15) is 4.79 Å². The van der Waals surface area contributed by atoms with Gasteiger partial charge in [-0.25, -0.2) is 0 Å². The Kier molecular flexibility index (Phi) is 7.68. The summed E-state index contributed by atoms with van der Waals surface area (Å²) in [5.74, 6) is 2.11. The summed E-state index contributed by atoms with van der Waals surface area (Å²) in [4.78, 5) is 18.7. The minimum atomic E-state index is -0.323. The molecule has 1 saturated carbocycles. The predicted molar refractivity (Wildman–Crippen MR) is 108 cm³/mol. The summed E-state index contributed by atoms with van der Waals surface area (Å²) in [7, 11) is 5.40. The largest absolute Gasteiger partial charge is 0.359 e. The maximum absolute atomic E-state index is 12.7. The highest BCUT2D eigenvalue weighted by Gasteiger charge is 2.42. The standard InChI is InChI=1S/C20H35N5O2/c1-6-15(7-2)17-12-16(27-24-17)13-22-19(21-3)23-14-20(10-8-9-11-20)18(26)25(4)5/h12,15H,6-11,13-14H2,1-5H3,(H2,21,22,23). The highest BCUT2D eigenvalue weighted by atomic mass is 16.5. The lowest BCUT2D eigenvalue weighted by Gasteiger charge is -2.31. The summed E-state index contributed by atoms with van der Waals surface area (Å²) in [6, 6.07) is 2.02. The summed E-state index contributed by atoms with van der Waals surface area (Å²) in [5.41, 5.74) is 0.692. The first kappa shape index (κ1) is 21.3. The van der Waals surface area contributed by atoms with Crippen LogP contribution >= 0.6 is 0 Å². The van der Waals surface area contributed by atoms with Crippen molar-refractivity contribution in [1.29, 1.82) is 0 Å². The Morgan fingerprint density at radius 1 is 1.30 bits per heavy atom.